The third-order valence-corrected chi connectivity index (χ3v) is 4.95. The summed E-state index contributed by atoms with van der Waals surface area (Å²) in [6, 6.07) is 11.8. The van der Waals surface area contributed by atoms with Crippen LogP contribution in [-0.2, 0) is 6.42 Å². The van der Waals surface area contributed by atoms with E-state index in [4.69, 9.17) is 8.83 Å². The monoisotopic (exact) mass is 382 g/mol. The lowest BCUT2D eigenvalue weighted by atomic mass is 9.98. The van der Waals surface area contributed by atoms with Gasteiger partial charge >= 0.3 is 5.63 Å². The molecule has 4 heteroatoms. The van der Waals surface area contributed by atoms with Gasteiger partial charge in [-0.1, -0.05) is 35.0 Å². The average molecular weight is 383 g/mol. The molecule has 0 bridgehead atoms. The van der Waals surface area contributed by atoms with Crippen molar-refractivity contribution in [3.63, 3.8) is 0 Å². The van der Waals surface area contributed by atoms with Crippen LogP contribution in [0, 0.1) is 6.92 Å². The highest BCUT2D eigenvalue weighted by Gasteiger charge is 2.16. The Morgan fingerprint density at radius 3 is 2.50 bits per heavy atom. The van der Waals surface area contributed by atoms with Crippen LogP contribution in [0.5, 0.6) is 0 Å². The number of furan rings is 1. The fourth-order valence-electron chi connectivity index (χ4n) is 3.18. The van der Waals surface area contributed by atoms with Crippen molar-refractivity contribution in [3.8, 4) is 11.1 Å². The van der Waals surface area contributed by atoms with E-state index in [1.54, 1.807) is 12.3 Å². The van der Waals surface area contributed by atoms with Crippen molar-refractivity contribution in [1.82, 2.24) is 0 Å². The zero-order valence-corrected chi connectivity index (χ0v) is 14.9. The quantitative estimate of drug-likeness (QED) is 0.409. The van der Waals surface area contributed by atoms with Gasteiger partial charge < -0.3 is 8.83 Å². The second-order valence-electron chi connectivity index (χ2n) is 5.86. The molecule has 120 valence electrons. The lowest BCUT2D eigenvalue weighted by Gasteiger charge is -2.07. The van der Waals surface area contributed by atoms with Gasteiger partial charge in [0, 0.05) is 32.4 Å². The Balaban J connectivity index is 2.09. The van der Waals surface area contributed by atoms with Gasteiger partial charge in [0.25, 0.3) is 0 Å². The van der Waals surface area contributed by atoms with Crippen molar-refractivity contribution in [2.45, 2.75) is 20.3 Å². The molecule has 0 fully saturated rings. The molecule has 0 aliphatic carbocycles. The zero-order chi connectivity index (χ0) is 16.8. The van der Waals surface area contributed by atoms with Crippen molar-refractivity contribution in [1.29, 1.82) is 0 Å². The first kappa shape index (κ1) is 15.2. The number of fused-ring (bicyclic) bond motifs is 2. The summed E-state index contributed by atoms with van der Waals surface area (Å²) in [5, 5.41) is 2.01. The third-order valence-electron chi connectivity index (χ3n) is 4.42. The van der Waals surface area contributed by atoms with Crippen molar-refractivity contribution >= 4 is 37.9 Å². The maximum Gasteiger partial charge on any atom is 0.336 e. The summed E-state index contributed by atoms with van der Waals surface area (Å²) in [5.41, 5.74) is 5.04. The lowest BCUT2D eigenvalue weighted by Crippen LogP contribution is -2.01. The topological polar surface area (TPSA) is 43.4 Å². The predicted molar refractivity (Wildman–Crippen MR) is 99.5 cm³/mol. The number of rotatable bonds is 2. The van der Waals surface area contributed by atoms with E-state index in [9.17, 15) is 4.79 Å². The summed E-state index contributed by atoms with van der Waals surface area (Å²) in [4.78, 5) is 11.8. The van der Waals surface area contributed by atoms with Crippen molar-refractivity contribution in [2.75, 3.05) is 0 Å². The normalized spacial score (nSPS) is 11.5. The van der Waals surface area contributed by atoms with Crippen LogP contribution in [0.4, 0.5) is 0 Å². The molecule has 3 nitrogen and oxygen atoms in total. The first-order valence-electron chi connectivity index (χ1n) is 7.82. The van der Waals surface area contributed by atoms with E-state index in [0.29, 0.717) is 5.58 Å². The van der Waals surface area contributed by atoms with Crippen molar-refractivity contribution in [2.24, 2.45) is 0 Å². The van der Waals surface area contributed by atoms with E-state index in [0.717, 1.165) is 49.5 Å². The van der Waals surface area contributed by atoms with Crippen LogP contribution < -0.4 is 5.63 Å². The standard InChI is InChI=1S/C20H15BrO3/c1-3-12-8-18(22)24-20-11(2)19-16(9-15(12)20)17(10-23-19)13-4-6-14(21)7-5-13/h4-10H,3H2,1-2H3. The highest BCUT2D eigenvalue weighted by atomic mass is 79.9. The number of hydrogen-bond donors (Lipinski definition) is 0. The molecule has 24 heavy (non-hydrogen) atoms. The summed E-state index contributed by atoms with van der Waals surface area (Å²) in [6.45, 7) is 3.97. The Morgan fingerprint density at radius 2 is 1.79 bits per heavy atom. The molecule has 0 radical (unpaired) electrons. The van der Waals surface area contributed by atoms with Crippen LogP contribution in [0.25, 0.3) is 33.1 Å². The van der Waals surface area contributed by atoms with Crippen LogP contribution in [0.15, 0.2) is 60.8 Å². The van der Waals surface area contributed by atoms with E-state index in [1.807, 2.05) is 26.0 Å². The first-order chi connectivity index (χ1) is 11.6. The summed E-state index contributed by atoms with van der Waals surface area (Å²) < 4.78 is 12.3. The van der Waals surface area contributed by atoms with E-state index in [-0.39, 0.29) is 5.63 Å². The molecule has 4 aromatic rings. The Bertz CT molecular complexity index is 1120. The number of aryl methyl sites for hydroxylation is 2. The van der Waals surface area contributed by atoms with Crippen LogP contribution in [0.2, 0.25) is 0 Å². The summed E-state index contributed by atoms with van der Waals surface area (Å²) in [6.07, 6.45) is 2.54. The van der Waals surface area contributed by atoms with E-state index in [1.165, 1.54) is 0 Å². The summed E-state index contributed by atoms with van der Waals surface area (Å²) >= 11 is 3.46. The second-order valence-corrected chi connectivity index (χ2v) is 6.77. The zero-order valence-electron chi connectivity index (χ0n) is 13.4. The van der Waals surface area contributed by atoms with Crippen molar-refractivity contribution in [3.05, 3.63) is 68.7 Å². The van der Waals surface area contributed by atoms with Crippen LogP contribution in [0.1, 0.15) is 18.1 Å². The minimum atomic E-state index is -0.318. The molecule has 0 aliphatic heterocycles. The minimum absolute atomic E-state index is 0.318. The minimum Gasteiger partial charge on any atom is -0.463 e. The molecule has 0 saturated heterocycles. The average Bonchev–Trinajstić information content (AvgIpc) is 3.00. The molecular weight excluding hydrogens is 368 g/mol. The van der Waals surface area contributed by atoms with Gasteiger partial charge in [-0.15, -0.1) is 0 Å². The number of benzene rings is 2. The van der Waals surface area contributed by atoms with E-state index >= 15 is 0 Å². The molecule has 0 spiro atoms. The fourth-order valence-corrected chi connectivity index (χ4v) is 3.45. The molecule has 2 heterocycles. The predicted octanol–water partition coefficient (Wildman–Crippen LogP) is 5.84. The van der Waals surface area contributed by atoms with E-state index < -0.39 is 0 Å². The van der Waals surface area contributed by atoms with E-state index in [2.05, 4.69) is 34.1 Å². The Morgan fingerprint density at radius 1 is 1.04 bits per heavy atom. The van der Waals surface area contributed by atoms with Gasteiger partial charge in [0.05, 0.1) is 6.26 Å². The lowest BCUT2D eigenvalue weighted by molar-refractivity contribution is 0.554. The number of halogens is 1. The van der Waals surface area contributed by atoms with Crippen molar-refractivity contribution < 1.29 is 8.83 Å². The highest BCUT2D eigenvalue weighted by Crippen LogP contribution is 2.37. The van der Waals surface area contributed by atoms with Gasteiger partial charge in [0.15, 0.2) is 0 Å². The Kier molecular flexibility index (Phi) is 3.57. The van der Waals surface area contributed by atoms with Gasteiger partial charge in [-0.05, 0) is 42.7 Å². The Hall–Kier alpha value is -2.33. The molecular formula is C20H15BrO3. The molecule has 0 N–H and O–H groups in total. The maximum atomic E-state index is 11.8. The molecule has 0 aliphatic rings. The smallest absolute Gasteiger partial charge is 0.336 e. The van der Waals surface area contributed by atoms with Gasteiger partial charge in [0.1, 0.15) is 11.2 Å². The molecule has 0 unspecified atom stereocenters. The van der Waals surface area contributed by atoms with Gasteiger partial charge in [0.2, 0.25) is 0 Å². The fraction of sp³-hybridized carbons (Fsp3) is 0.150. The molecule has 0 saturated carbocycles. The second kappa shape index (κ2) is 5.64. The largest absolute Gasteiger partial charge is 0.463 e. The molecule has 4 rings (SSSR count). The molecule has 0 amide bonds. The SMILES string of the molecule is CCc1cc(=O)oc2c(C)c3occ(-c4ccc(Br)cc4)c3cc12. The van der Waals surface area contributed by atoms with Crippen LogP contribution in [0.3, 0.4) is 0 Å². The van der Waals surface area contributed by atoms with Gasteiger partial charge in [-0.25, -0.2) is 4.79 Å². The van der Waals surface area contributed by atoms with Gasteiger partial charge in [-0.3, -0.25) is 0 Å². The summed E-state index contributed by atoms with van der Waals surface area (Å²) in [5.74, 6) is 0. The molecule has 2 aromatic carbocycles. The number of hydrogen-bond acceptors (Lipinski definition) is 3. The Labute approximate surface area is 147 Å². The van der Waals surface area contributed by atoms with Crippen LogP contribution in [-0.4, -0.2) is 0 Å². The summed E-state index contributed by atoms with van der Waals surface area (Å²) in [7, 11) is 0. The molecule has 2 aromatic heterocycles. The van der Waals surface area contributed by atoms with Gasteiger partial charge in [-0.2, -0.15) is 0 Å². The third kappa shape index (κ3) is 2.29. The van der Waals surface area contributed by atoms with Crippen LogP contribution >= 0.6 is 15.9 Å². The maximum absolute atomic E-state index is 11.8. The first-order valence-corrected chi connectivity index (χ1v) is 8.61. The molecule has 0 atom stereocenters. The highest BCUT2D eigenvalue weighted by molar-refractivity contribution is 9.10.